The van der Waals surface area contributed by atoms with E-state index in [-0.39, 0.29) is 6.04 Å². The van der Waals surface area contributed by atoms with Crippen LogP contribution in [-0.4, -0.2) is 19.8 Å². The van der Waals surface area contributed by atoms with E-state index in [1.165, 1.54) is 0 Å². The zero-order valence-corrected chi connectivity index (χ0v) is 9.19. The molecule has 0 saturated heterocycles. The van der Waals surface area contributed by atoms with Gasteiger partial charge in [0.25, 0.3) is 0 Å². The highest BCUT2D eigenvalue weighted by atomic mass is 16.6. The molecule has 1 atom stereocenters. The second-order valence-corrected chi connectivity index (χ2v) is 3.52. The second kappa shape index (κ2) is 4.86. The molecule has 1 aliphatic rings. The molecule has 1 unspecified atom stereocenters. The molecule has 4 nitrogen and oxygen atoms in total. The molecule has 16 heavy (non-hydrogen) atoms. The van der Waals surface area contributed by atoms with Gasteiger partial charge in [-0.05, 0) is 24.2 Å². The first-order valence-corrected chi connectivity index (χ1v) is 5.37. The number of nitrogens with one attached hydrogen (secondary N) is 1. The third-order valence-electron chi connectivity index (χ3n) is 2.44. The summed E-state index contributed by atoms with van der Waals surface area (Å²) >= 11 is 0. The van der Waals surface area contributed by atoms with Crippen LogP contribution in [0.1, 0.15) is 18.5 Å². The Morgan fingerprint density at radius 3 is 2.81 bits per heavy atom. The molecule has 1 aliphatic heterocycles. The van der Waals surface area contributed by atoms with Crippen LogP contribution in [0.3, 0.4) is 0 Å². The molecule has 1 N–H and O–H groups in total. The van der Waals surface area contributed by atoms with Gasteiger partial charge in [0.2, 0.25) is 0 Å². The molecule has 0 amide bonds. The van der Waals surface area contributed by atoms with Crippen LogP contribution in [0, 0.1) is 11.3 Å². The Balaban J connectivity index is 2.25. The highest BCUT2D eigenvalue weighted by molar-refractivity contribution is 5.45. The van der Waals surface area contributed by atoms with Crippen LogP contribution in [0.2, 0.25) is 0 Å². The second-order valence-electron chi connectivity index (χ2n) is 3.52. The number of nitrogens with zero attached hydrogens (tertiary/aromatic N) is 1. The summed E-state index contributed by atoms with van der Waals surface area (Å²) < 4.78 is 10.9. The van der Waals surface area contributed by atoms with Crippen LogP contribution in [0.25, 0.3) is 0 Å². The SMILES string of the molecule is CCNC(C#N)c1ccc2c(c1)OCCO2. The van der Waals surface area contributed by atoms with Crippen LogP contribution >= 0.6 is 0 Å². The van der Waals surface area contributed by atoms with Gasteiger partial charge in [0, 0.05) is 0 Å². The number of ether oxygens (including phenoxy) is 2. The molecular weight excluding hydrogens is 204 g/mol. The minimum atomic E-state index is -0.291. The molecule has 0 fully saturated rings. The summed E-state index contributed by atoms with van der Waals surface area (Å²) in [6.45, 7) is 3.88. The van der Waals surface area contributed by atoms with E-state index in [0.29, 0.717) is 13.2 Å². The van der Waals surface area contributed by atoms with Crippen LogP contribution in [0.4, 0.5) is 0 Å². The van der Waals surface area contributed by atoms with Gasteiger partial charge in [0.1, 0.15) is 19.3 Å². The lowest BCUT2D eigenvalue weighted by atomic mass is 10.1. The number of hydrogen-bond donors (Lipinski definition) is 1. The Morgan fingerprint density at radius 2 is 2.12 bits per heavy atom. The fourth-order valence-electron chi connectivity index (χ4n) is 1.68. The molecule has 4 heteroatoms. The third-order valence-corrected chi connectivity index (χ3v) is 2.44. The predicted molar refractivity (Wildman–Crippen MR) is 59.5 cm³/mol. The summed E-state index contributed by atoms with van der Waals surface area (Å²) in [4.78, 5) is 0. The van der Waals surface area contributed by atoms with Gasteiger partial charge < -0.3 is 9.47 Å². The Kier molecular flexibility index (Phi) is 3.28. The van der Waals surface area contributed by atoms with Crippen molar-refractivity contribution in [2.24, 2.45) is 0 Å². The first-order chi connectivity index (χ1) is 7.85. The van der Waals surface area contributed by atoms with Gasteiger partial charge in [-0.25, -0.2) is 0 Å². The number of hydrogen-bond acceptors (Lipinski definition) is 4. The van der Waals surface area contributed by atoms with E-state index in [9.17, 15) is 0 Å². The molecule has 0 spiro atoms. The minimum absolute atomic E-state index is 0.291. The third kappa shape index (κ3) is 2.10. The van der Waals surface area contributed by atoms with Crippen LogP contribution < -0.4 is 14.8 Å². The van der Waals surface area contributed by atoms with Gasteiger partial charge in [0.05, 0.1) is 6.07 Å². The lowest BCUT2D eigenvalue weighted by Crippen LogP contribution is -2.20. The number of rotatable bonds is 3. The number of fused-ring (bicyclic) bond motifs is 1. The molecule has 2 rings (SSSR count). The predicted octanol–water partition coefficient (Wildman–Crippen LogP) is 1.63. The fraction of sp³-hybridized carbons (Fsp3) is 0.417. The molecule has 0 aliphatic carbocycles. The molecule has 0 bridgehead atoms. The lowest BCUT2D eigenvalue weighted by molar-refractivity contribution is 0.171. The molecule has 1 heterocycles. The van der Waals surface area contributed by atoms with E-state index >= 15 is 0 Å². The van der Waals surface area contributed by atoms with Gasteiger partial charge >= 0.3 is 0 Å². The molecule has 0 saturated carbocycles. The normalized spacial score (nSPS) is 15.2. The number of nitriles is 1. The van der Waals surface area contributed by atoms with Gasteiger partial charge in [-0.15, -0.1) is 0 Å². The van der Waals surface area contributed by atoms with Crippen molar-refractivity contribution in [2.75, 3.05) is 19.8 Å². The van der Waals surface area contributed by atoms with Crippen molar-refractivity contribution in [1.82, 2.24) is 5.32 Å². The lowest BCUT2D eigenvalue weighted by Gasteiger charge is -2.20. The standard InChI is InChI=1S/C12H14N2O2/c1-2-14-10(8-13)9-3-4-11-12(7-9)16-6-5-15-11/h3-4,7,10,14H,2,5-6H2,1H3. The van der Waals surface area contributed by atoms with E-state index in [0.717, 1.165) is 23.6 Å². The minimum Gasteiger partial charge on any atom is -0.486 e. The van der Waals surface area contributed by atoms with Crippen molar-refractivity contribution in [3.63, 3.8) is 0 Å². The topological polar surface area (TPSA) is 54.3 Å². The molecule has 1 aromatic rings. The Morgan fingerprint density at radius 1 is 1.38 bits per heavy atom. The molecular formula is C12H14N2O2. The van der Waals surface area contributed by atoms with Crippen molar-refractivity contribution < 1.29 is 9.47 Å². The maximum atomic E-state index is 9.03. The Labute approximate surface area is 94.8 Å². The van der Waals surface area contributed by atoms with Crippen LogP contribution in [-0.2, 0) is 0 Å². The largest absolute Gasteiger partial charge is 0.486 e. The van der Waals surface area contributed by atoms with E-state index in [1.54, 1.807) is 0 Å². The van der Waals surface area contributed by atoms with Crippen molar-refractivity contribution in [2.45, 2.75) is 13.0 Å². The molecule has 0 aromatic heterocycles. The zero-order valence-electron chi connectivity index (χ0n) is 9.19. The van der Waals surface area contributed by atoms with Crippen molar-refractivity contribution in [3.05, 3.63) is 23.8 Å². The first kappa shape index (κ1) is 10.8. The Hall–Kier alpha value is -1.73. The van der Waals surface area contributed by atoms with Crippen molar-refractivity contribution >= 4 is 0 Å². The zero-order chi connectivity index (χ0) is 11.4. The average molecular weight is 218 g/mol. The van der Waals surface area contributed by atoms with Gasteiger partial charge in [-0.3, -0.25) is 5.32 Å². The van der Waals surface area contributed by atoms with Crippen LogP contribution in [0.5, 0.6) is 11.5 Å². The van der Waals surface area contributed by atoms with E-state index in [4.69, 9.17) is 14.7 Å². The highest BCUT2D eigenvalue weighted by Crippen LogP contribution is 2.32. The maximum absolute atomic E-state index is 9.03. The highest BCUT2D eigenvalue weighted by Gasteiger charge is 2.15. The summed E-state index contributed by atoms with van der Waals surface area (Å²) in [5.74, 6) is 1.48. The monoisotopic (exact) mass is 218 g/mol. The summed E-state index contributed by atoms with van der Waals surface area (Å²) in [6, 6.07) is 7.54. The quantitative estimate of drug-likeness (QED) is 0.837. The summed E-state index contributed by atoms with van der Waals surface area (Å²) in [7, 11) is 0. The number of benzene rings is 1. The summed E-state index contributed by atoms with van der Waals surface area (Å²) in [5.41, 5.74) is 0.911. The maximum Gasteiger partial charge on any atom is 0.161 e. The van der Waals surface area contributed by atoms with E-state index in [1.807, 2.05) is 25.1 Å². The average Bonchev–Trinajstić information content (AvgIpc) is 2.35. The molecule has 1 aromatic carbocycles. The summed E-state index contributed by atoms with van der Waals surface area (Å²) in [6.07, 6.45) is 0. The van der Waals surface area contributed by atoms with Gasteiger partial charge in [0.15, 0.2) is 11.5 Å². The van der Waals surface area contributed by atoms with Crippen molar-refractivity contribution in [1.29, 1.82) is 5.26 Å². The first-order valence-electron chi connectivity index (χ1n) is 5.37. The fourth-order valence-corrected chi connectivity index (χ4v) is 1.68. The molecule has 84 valence electrons. The van der Waals surface area contributed by atoms with Crippen LogP contribution in [0.15, 0.2) is 18.2 Å². The van der Waals surface area contributed by atoms with Gasteiger partial charge in [-0.1, -0.05) is 13.0 Å². The van der Waals surface area contributed by atoms with E-state index in [2.05, 4.69) is 11.4 Å². The van der Waals surface area contributed by atoms with Gasteiger partial charge in [-0.2, -0.15) is 5.26 Å². The Bertz CT molecular complexity index is 412. The summed E-state index contributed by atoms with van der Waals surface area (Å²) in [5, 5.41) is 12.1. The van der Waals surface area contributed by atoms with E-state index < -0.39 is 0 Å². The van der Waals surface area contributed by atoms with Crippen molar-refractivity contribution in [3.8, 4) is 17.6 Å². The molecule has 0 radical (unpaired) electrons. The smallest absolute Gasteiger partial charge is 0.161 e.